The number of H-pyrrole nitrogens is 1. The molecule has 11 heteroatoms. The minimum absolute atomic E-state index is 0.0110. The van der Waals surface area contributed by atoms with E-state index in [1.807, 2.05) is 0 Å². The molecule has 2 rings (SSSR count). The topological polar surface area (TPSA) is 100 Å². The molecule has 1 aromatic heterocycles. The number of benzene rings is 1. The zero-order chi connectivity index (χ0) is 17.7. The molecule has 128 valence electrons. The first-order valence-electron chi connectivity index (χ1n) is 6.51. The van der Waals surface area contributed by atoms with Crippen molar-refractivity contribution in [3.05, 3.63) is 36.4 Å². The van der Waals surface area contributed by atoms with Gasteiger partial charge in [-0.05, 0) is 12.1 Å². The zero-order valence-corrected chi connectivity index (χ0v) is 12.3. The molecule has 0 aliphatic heterocycles. The second-order valence-electron chi connectivity index (χ2n) is 4.62. The molecule has 0 unspecified atom stereocenters. The van der Waals surface area contributed by atoms with E-state index in [9.17, 15) is 22.8 Å². The third-order valence-corrected chi connectivity index (χ3v) is 2.72. The molecular formula is C13H12F3N5O3. The van der Waals surface area contributed by atoms with Crippen LogP contribution in [0.3, 0.4) is 0 Å². The summed E-state index contributed by atoms with van der Waals surface area (Å²) in [5.74, 6) is -2.04. The lowest BCUT2D eigenvalue weighted by molar-refractivity contribution is -0.274. The number of nitrogens with zero attached hydrogens (tertiary/aromatic N) is 3. The maximum absolute atomic E-state index is 12.2. The van der Waals surface area contributed by atoms with Crippen LogP contribution in [0.1, 0.15) is 5.82 Å². The highest BCUT2D eigenvalue weighted by atomic mass is 19.4. The second-order valence-corrected chi connectivity index (χ2v) is 4.62. The van der Waals surface area contributed by atoms with Gasteiger partial charge >= 0.3 is 18.2 Å². The molecule has 24 heavy (non-hydrogen) atoms. The van der Waals surface area contributed by atoms with Crippen LogP contribution in [-0.4, -0.2) is 45.3 Å². The van der Waals surface area contributed by atoms with Crippen molar-refractivity contribution in [2.24, 2.45) is 0 Å². The van der Waals surface area contributed by atoms with Crippen molar-refractivity contribution in [1.82, 2.24) is 20.1 Å². The van der Waals surface area contributed by atoms with Gasteiger partial charge < -0.3 is 15.0 Å². The largest absolute Gasteiger partial charge is 0.573 e. The first-order valence-corrected chi connectivity index (χ1v) is 6.51. The van der Waals surface area contributed by atoms with Crippen LogP contribution >= 0.6 is 0 Å². The summed E-state index contributed by atoms with van der Waals surface area (Å²) in [4.78, 5) is 28.7. The molecule has 1 aromatic carbocycles. The molecule has 1 heterocycles. The van der Waals surface area contributed by atoms with E-state index in [1.54, 1.807) is 0 Å². The van der Waals surface area contributed by atoms with Crippen LogP contribution in [0.25, 0.3) is 0 Å². The minimum Gasteiger partial charge on any atom is -0.406 e. The van der Waals surface area contributed by atoms with Crippen molar-refractivity contribution in [3.8, 4) is 5.75 Å². The molecular weight excluding hydrogens is 331 g/mol. The van der Waals surface area contributed by atoms with Gasteiger partial charge in [0.05, 0.1) is 6.54 Å². The predicted molar refractivity (Wildman–Crippen MR) is 74.6 cm³/mol. The monoisotopic (exact) mass is 343 g/mol. The van der Waals surface area contributed by atoms with Crippen LogP contribution in [-0.2, 0) is 16.1 Å². The van der Waals surface area contributed by atoms with Crippen LogP contribution in [0.15, 0.2) is 30.6 Å². The lowest BCUT2D eigenvalue weighted by Crippen LogP contribution is -2.36. The second kappa shape index (κ2) is 6.98. The number of nitrogens with one attached hydrogen (secondary N) is 2. The lowest BCUT2D eigenvalue weighted by atomic mass is 10.3. The van der Waals surface area contributed by atoms with E-state index in [-0.39, 0.29) is 12.2 Å². The number of aromatic amines is 1. The molecule has 2 N–H and O–H groups in total. The minimum atomic E-state index is -4.85. The molecule has 0 spiro atoms. The summed E-state index contributed by atoms with van der Waals surface area (Å²) in [6.07, 6.45) is -3.60. The molecule has 0 saturated heterocycles. The predicted octanol–water partition coefficient (Wildman–Crippen LogP) is 1.30. The SMILES string of the molecule is CN(Cc1ncn[nH]1)C(=O)C(=O)Nc1cccc(OC(F)(F)F)c1. The highest BCUT2D eigenvalue weighted by molar-refractivity contribution is 6.39. The maximum atomic E-state index is 12.2. The van der Waals surface area contributed by atoms with Crippen molar-refractivity contribution in [3.63, 3.8) is 0 Å². The summed E-state index contributed by atoms with van der Waals surface area (Å²) in [6.45, 7) is 0.0173. The Morgan fingerprint density at radius 3 is 2.75 bits per heavy atom. The average molecular weight is 343 g/mol. The average Bonchev–Trinajstić information content (AvgIpc) is 2.97. The Kier molecular flexibility index (Phi) is 5.02. The molecule has 0 aliphatic rings. The van der Waals surface area contributed by atoms with Crippen molar-refractivity contribution < 1.29 is 27.5 Å². The molecule has 0 fully saturated rings. The van der Waals surface area contributed by atoms with Gasteiger partial charge in [0, 0.05) is 18.8 Å². The van der Waals surface area contributed by atoms with Crippen LogP contribution in [0.5, 0.6) is 5.75 Å². The summed E-state index contributed by atoms with van der Waals surface area (Å²) in [7, 11) is 1.37. The molecule has 0 atom stereocenters. The molecule has 8 nitrogen and oxygen atoms in total. The molecule has 2 aromatic rings. The highest BCUT2D eigenvalue weighted by Gasteiger charge is 2.31. The fourth-order valence-corrected chi connectivity index (χ4v) is 1.73. The summed E-state index contributed by atoms with van der Waals surface area (Å²) < 4.78 is 40.2. The van der Waals surface area contributed by atoms with Gasteiger partial charge in [0.2, 0.25) is 0 Å². The fourth-order valence-electron chi connectivity index (χ4n) is 1.73. The van der Waals surface area contributed by atoms with Crippen LogP contribution in [0, 0.1) is 0 Å². The van der Waals surface area contributed by atoms with Gasteiger partial charge in [0.15, 0.2) is 0 Å². The van der Waals surface area contributed by atoms with Gasteiger partial charge in [-0.15, -0.1) is 13.2 Å². The van der Waals surface area contributed by atoms with Crippen molar-refractivity contribution in [1.29, 1.82) is 0 Å². The summed E-state index contributed by atoms with van der Waals surface area (Å²) in [5.41, 5.74) is -0.0110. The van der Waals surface area contributed by atoms with Gasteiger partial charge in [-0.25, -0.2) is 4.98 Å². The van der Waals surface area contributed by atoms with Gasteiger partial charge in [0.1, 0.15) is 17.9 Å². The number of likely N-dealkylation sites (N-methyl/N-ethyl adjacent to an activating group) is 1. The number of carbonyl (C=O) groups is 2. The number of aromatic nitrogens is 3. The first kappa shape index (κ1) is 17.2. The number of hydrogen-bond acceptors (Lipinski definition) is 5. The molecule has 0 aliphatic carbocycles. The Balaban J connectivity index is 1.98. The molecule has 2 amide bonds. The molecule has 0 saturated carbocycles. The van der Waals surface area contributed by atoms with E-state index < -0.39 is 23.9 Å². The number of ether oxygens (including phenoxy) is 1. The van der Waals surface area contributed by atoms with E-state index in [1.165, 1.54) is 25.5 Å². The Labute approximate surface area is 133 Å². The molecule has 0 bridgehead atoms. The quantitative estimate of drug-likeness (QED) is 0.815. The number of alkyl halides is 3. The number of anilines is 1. The highest BCUT2D eigenvalue weighted by Crippen LogP contribution is 2.25. The van der Waals surface area contributed by atoms with Crippen LogP contribution in [0.2, 0.25) is 0 Å². The first-order chi connectivity index (χ1) is 11.2. The van der Waals surface area contributed by atoms with Crippen molar-refractivity contribution in [2.45, 2.75) is 12.9 Å². The fraction of sp³-hybridized carbons (Fsp3) is 0.231. The summed E-state index contributed by atoms with van der Waals surface area (Å²) >= 11 is 0. The third-order valence-electron chi connectivity index (χ3n) is 2.72. The van der Waals surface area contributed by atoms with E-state index in [4.69, 9.17) is 0 Å². The van der Waals surface area contributed by atoms with Gasteiger partial charge in [0.25, 0.3) is 0 Å². The number of hydrogen-bond donors (Lipinski definition) is 2. The van der Waals surface area contributed by atoms with Gasteiger partial charge in [-0.1, -0.05) is 6.07 Å². The number of amides is 2. The third kappa shape index (κ3) is 4.97. The van der Waals surface area contributed by atoms with Gasteiger partial charge in [-0.3, -0.25) is 14.7 Å². The Morgan fingerprint density at radius 2 is 2.12 bits per heavy atom. The van der Waals surface area contributed by atoms with E-state index in [0.717, 1.165) is 17.0 Å². The van der Waals surface area contributed by atoms with Crippen molar-refractivity contribution >= 4 is 17.5 Å². The van der Waals surface area contributed by atoms with Crippen molar-refractivity contribution in [2.75, 3.05) is 12.4 Å². The lowest BCUT2D eigenvalue weighted by Gasteiger charge is -2.15. The van der Waals surface area contributed by atoms with E-state index >= 15 is 0 Å². The standard InChI is InChI=1S/C13H12F3N5O3/c1-21(6-10-17-7-18-20-10)12(23)11(22)19-8-3-2-4-9(5-8)24-13(14,15)16/h2-5,7H,6H2,1H3,(H,19,22)(H,17,18,20). The summed E-state index contributed by atoms with van der Waals surface area (Å²) in [6, 6.07) is 4.60. The van der Waals surface area contributed by atoms with Crippen LogP contribution < -0.4 is 10.1 Å². The van der Waals surface area contributed by atoms with Crippen LogP contribution in [0.4, 0.5) is 18.9 Å². The summed E-state index contributed by atoms with van der Waals surface area (Å²) in [5, 5.41) is 8.34. The Hall–Kier alpha value is -3.11. The zero-order valence-electron chi connectivity index (χ0n) is 12.3. The van der Waals surface area contributed by atoms with Gasteiger partial charge in [-0.2, -0.15) is 5.10 Å². The Morgan fingerprint density at radius 1 is 1.38 bits per heavy atom. The smallest absolute Gasteiger partial charge is 0.406 e. The normalized spacial score (nSPS) is 11.0. The van der Waals surface area contributed by atoms with E-state index in [0.29, 0.717) is 5.82 Å². The molecule has 0 radical (unpaired) electrons. The van der Waals surface area contributed by atoms with E-state index in [2.05, 4.69) is 25.2 Å². The number of carbonyl (C=O) groups excluding carboxylic acids is 2. The Bertz CT molecular complexity index is 718. The maximum Gasteiger partial charge on any atom is 0.573 e. The number of halogens is 3. The number of rotatable bonds is 4.